The normalized spacial score (nSPS) is 20.7. The van der Waals surface area contributed by atoms with Crippen molar-refractivity contribution in [1.82, 2.24) is 10.0 Å². The molecule has 0 spiro atoms. The average Bonchev–Trinajstić information content (AvgIpc) is 3.03. The van der Waals surface area contributed by atoms with E-state index in [0.717, 1.165) is 12.1 Å². The van der Waals surface area contributed by atoms with E-state index in [0.29, 0.717) is 24.0 Å². The van der Waals surface area contributed by atoms with Crippen LogP contribution in [0.25, 0.3) is 11.1 Å². The summed E-state index contributed by atoms with van der Waals surface area (Å²) in [5, 5.41) is 3.29. The van der Waals surface area contributed by atoms with Gasteiger partial charge < -0.3 is 5.32 Å². The van der Waals surface area contributed by atoms with E-state index in [9.17, 15) is 12.8 Å². The summed E-state index contributed by atoms with van der Waals surface area (Å²) in [5.74, 6) is -0.187. The number of hydrogen-bond donors (Lipinski definition) is 2. The summed E-state index contributed by atoms with van der Waals surface area (Å²) in [4.78, 5) is 0. The Balaban J connectivity index is 1.81. The highest BCUT2D eigenvalue weighted by Crippen LogP contribution is 2.26. The zero-order valence-corrected chi connectivity index (χ0v) is 15.0. The highest BCUT2D eigenvalue weighted by Gasteiger charge is 2.30. The van der Waals surface area contributed by atoms with Crippen LogP contribution in [0.3, 0.4) is 0 Å². The second-order valence-corrected chi connectivity index (χ2v) is 8.37. The van der Waals surface area contributed by atoms with Crippen molar-refractivity contribution in [3.63, 3.8) is 0 Å². The Morgan fingerprint density at radius 1 is 1.16 bits per heavy atom. The molecule has 2 aromatic carbocycles. The molecule has 1 saturated heterocycles. The van der Waals surface area contributed by atoms with Gasteiger partial charge in [0.25, 0.3) is 0 Å². The van der Waals surface area contributed by atoms with Crippen LogP contribution in [0.2, 0.25) is 0 Å². The first kappa shape index (κ1) is 18.0. The molecular weight excluding hydrogens is 339 g/mol. The molecule has 1 fully saturated rings. The highest BCUT2D eigenvalue weighted by atomic mass is 32.2. The Morgan fingerprint density at radius 3 is 2.64 bits per heavy atom. The van der Waals surface area contributed by atoms with E-state index in [4.69, 9.17) is 0 Å². The van der Waals surface area contributed by atoms with Gasteiger partial charge in [-0.1, -0.05) is 48.5 Å². The van der Waals surface area contributed by atoms with Crippen LogP contribution in [0.15, 0.2) is 48.5 Å². The molecule has 0 saturated carbocycles. The standard InChI is InChI=1S/C19H23FN2O2S/c1-2-25(23,24)22-17-11-12-21-18(17)13-15-9-6-10-16(19(15)20)14-7-4-3-5-8-14/h3-10,17-18,21-22H,2,11-13H2,1H3/t17-,18-/m0/s1. The lowest BCUT2D eigenvalue weighted by atomic mass is 9.96. The first-order valence-corrected chi connectivity index (χ1v) is 10.2. The fourth-order valence-electron chi connectivity index (χ4n) is 3.25. The van der Waals surface area contributed by atoms with Crippen molar-refractivity contribution in [2.75, 3.05) is 12.3 Å². The number of benzene rings is 2. The third-order valence-corrected chi connectivity index (χ3v) is 6.08. The zero-order valence-electron chi connectivity index (χ0n) is 14.2. The predicted molar refractivity (Wildman–Crippen MR) is 98.3 cm³/mol. The molecule has 2 atom stereocenters. The molecule has 25 heavy (non-hydrogen) atoms. The molecule has 0 amide bonds. The van der Waals surface area contributed by atoms with Crippen molar-refractivity contribution < 1.29 is 12.8 Å². The van der Waals surface area contributed by atoms with Gasteiger partial charge in [-0.3, -0.25) is 0 Å². The topological polar surface area (TPSA) is 58.2 Å². The van der Waals surface area contributed by atoms with Crippen molar-refractivity contribution in [3.8, 4) is 11.1 Å². The van der Waals surface area contributed by atoms with Gasteiger partial charge in [0, 0.05) is 17.6 Å². The van der Waals surface area contributed by atoms with Gasteiger partial charge in [-0.05, 0) is 37.4 Å². The summed E-state index contributed by atoms with van der Waals surface area (Å²) in [5.41, 5.74) is 2.01. The zero-order chi connectivity index (χ0) is 17.9. The van der Waals surface area contributed by atoms with Gasteiger partial charge >= 0.3 is 0 Å². The summed E-state index contributed by atoms with van der Waals surface area (Å²) >= 11 is 0. The van der Waals surface area contributed by atoms with Crippen molar-refractivity contribution in [3.05, 3.63) is 59.9 Å². The number of nitrogens with one attached hydrogen (secondary N) is 2. The van der Waals surface area contributed by atoms with Gasteiger partial charge in [0.15, 0.2) is 0 Å². The molecule has 2 N–H and O–H groups in total. The molecule has 1 aliphatic heterocycles. The fourth-order valence-corrected chi connectivity index (χ4v) is 4.16. The second-order valence-electron chi connectivity index (χ2n) is 6.33. The minimum Gasteiger partial charge on any atom is -0.312 e. The molecule has 134 valence electrons. The average molecular weight is 362 g/mol. The molecule has 0 bridgehead atoms. The van der Waals surface area contributed by atoms with Gasteiger partial charge in [0.05, 0.1) is 5.75 Å². The largest absolute Gasteiger partial charge is 0.312 e. The van der Waals surface area contributed by atoms with E-state index in [-0.39, 0.29) is 23.7 Å². The lowest BCUT2D eigenvalue weighted by molar-refractivity contribution is 0.484. The van der Waals surface area contributed by atoms with Crippen LogP contribution in [-0.2, 0) is 16.4 Å². The van der Waals surface area contributed by atoms with Gasteiger partial charge in [0.1, 0.15) is 5.82 Å². The highest BCUT2D eigenvalue weighted by molar-refractivity contribution is 7.89. The van der Waals surface area contributed by atoms with Crippen molar-refractivity contribution >= 4 is 10.0 Å². The molecule has 0 aromatic heterocycles. The Kier molecular flexibility index (Phi) is 5.51. The first-order chi connectivity index (χ1) is 12.0. The van der Waals surface area contributed by atoms with Gasteiger partial charge in [-0.2, -0.15) is 0 Å². The molecule has 1 aliphatic rings. The maximum Gasteiger partial charge on any atom is 0.211 e. The van der Waals surface area contributed by atoms with Crippen molar-refractivity contribution in [2.45, 2.75) is 31.8 Å². The van der Waals surface area contributed by atoms with E-state index in [1.165, 1.54) is 0 Å². The molecule has 0 radical (unpaired) electrons. The maximum absolute atomic E-state index is 15.0. The molecule has 0 aliphatic carbocycles. The first-order valence-electron chi connectivity index (χ1n) is 8.56. The summed E-state index contributed by atoms with van der Waals surface area (Å²) in [6, 6.07) is 14.5. The summed E-state index contributed by atoms with van der Waals surface area (Å²) in [6.07, 6.45) is 1.16. The summed E-state index contributed by atoms with van der Waals surface area (Å²) < 4.78 is 41.4. The Bertz CT molecular complexity index is 825. The number of sulfonamides is 1. The number of hydrogen-bond acceptors (Lipinski definition) is 3. The molecule has 4 nitrogen and oxygen atoms in total. The smallest absolute Gasteiger partial charge is 0.211 e. The van der Waals surface area contributed by atoms with Crippen LogP contribution in [0.4, 0.5) is 4.39 Å². The van der Waals surface area contributed by atoms with E-state index < -0.39 is 10.0 Å². The number of rotatable bonds is 6. The predicted octanol–water partition coefficient (Wildman–Crippen LogP) is 2.71. The number of halogens is 1. The van der Waals surface area contributed by atoms with E-state index in [1.807, 2.05) is 36.4 Å². The van der Waals surface area contributed by atoms with Crippen LogP contribution in [0.5, 0.6) is 0 Å². The van der Waals surface area contributed by atoms with Crippen LogP contribution in [0.1, 0.15) is 18.9 Å². The maximum atomic E-state index is 15.0. The van der Waals surface area contributed by atoms with Crippen molar-refractivity contribution in [1.29, 1.82) is 0 Å². The minimum absolute atomic E-state index is 0.0497. The van der Waals surface area contributed by atoms with E-state index in [1.54, 1.807) is 19.1 Å². The molecule has 2 aromatic rings. The van der Waals surface area contributed by atoms with Gasteiger partial charge in [-0.15, -0.1) is 0 Å². The Hall–Kier alpha value is -1.76. The van der Waals surface area contributed by atoms with Crippen LogP contribution < -0.4 is 10.0 Å². The fraction of sp³-hybridized carbons (Fsp3) is 0.368. The minimum atomic E-state index is -3.27. The second kappa shape index (κ2) is 7.64. The van der Waals surface area contributed by atoms with Gasteiger partial charge in [-0.25, -0.2) is 17.5 Å². The SMILES string of the molecule is CCS(=O)(=O)N[C@H]1CCN[C@H]1Cc1cccc(-c2ccccc2)c1F. The third kappa shape index (κ3) is 4.26. The monoisotopic (exact) mass is 362 g/mol. The molecular formula is C19H23FN2O2S. The molecule has 6 heteroatoms. The Labute approximate surface area is 148 Å². The molecule has 1 heterocycles. The van der Waals surface area contributed by atoms with E-state index in [2.05, 4.69) is 10.0 Å². The van der Waals surface area contributed by atoms with E-state index >= 15 is 0 Å². The van der Waals surface area contributed by atoms with Crippen LogP contribution in [0, 0.1) is 5.82 Å². The summed E-state index contributed by atoms with van der Waals surface area (Å²) in [6.45, 7) is 2.34. The third-order valence-electron chi connectivity index (χ3n) is 4.66. The van der Waals surface area contributed by atoms with Crippen LogP contribution >= 0.6 is 0 Å². The molecule has 3 rings (SSSR count). The van der Waals surface area contributed by atoms with Crippen LogP contribution in [-0.4, -0.2) is 32.8 Å². The molecule has 0 unspecified atom stereocenters. The van der Waals surface area contributed by atoms with Crippen molar-refractivity contribution in [2.24, 2.45) is 0 Å². The lowest BCUT2D eigenvalue weighted by Crippen LogP contribution is -2.45. The summed E-state index contributed by atoms with van der Waals surface area (Å²) in [7, 11) is -3.27. The lowest BCUT2D eigenvalue weighted by Gasteiger charge is -2.21. The quantitative estimate of drug-likeness (QED) is 0.831. The van der Waals surface area contributed by atoms with Gasteiger partial charge in [0.2, 0.25) is 10.0 Å². The Morgan fingerprint density at radius 2 is 1.92 bits per heavy atom.